The Hall–Kier alpha value is -0.610. The maximum Gasteiger partial charge on any atom is 0.220 e. The van der Waals surface area contributed by atoms with Gasteiger partial charge >= 0.3 is 0 Å². The minimum absolute atomic E-state index is 0.0513. The predicted molar refractivity (Wildman–Crippen MR) is 124 cm³/mol. The number of hydrogen-bond donors (Lipinski definition) is 3. The van der Waals surface area contributed by atoms with E-state index < -0.39 is 12.1 Å². The lowest BCUT2D eigenvalue weighted by Crippen LogP contribution is -2.45. The van der Waals surface area contributed by atoms with Gasteiger partial charge in [-0.15, -0.1) is 0 Å². The molecular formula is C25H51NO3. The first kappa shape index (κ1) is 28.4. The summed E-state index contributed by atoms with van der Waals surface area (Å²) in [5, 5.41) is 22.6. The van der Waals surface area contributed by atoms with Crippen molar-refractivity contribution in [2.45, 2.75) is 148 Å². The lowest BCUT2D eigenvalue weighted by Gasteiger charge is -2.22. The van der Waals surface area contributed by atoms with Crippen molar-refractivity contribution in [1.29, 1.82) is 0 Å². The maximum atomic E-state index is 11.9. The number of carbonyl (C=O) groups is 1. The van der Waals surface area contributed by atoms with Crippen LogP contribution in [0.1, 0.15) is 136 Å². The highest BCUT2D eigenvalue weighted by molar-refractivity contribution is 5.76. The Morgan fingerprint density at radius 2 is 1.10 bits per heavy atom. The number of amides is 1. The van der Waals surface area contributed by atoms with E-state index in [0.29, 0.717) is 12.8 Å². The van der Waals surface area contributed by atoms with E-state index in [9.17, 15) is 15.0 Å². The van der Waals surface area contributed by atoms with Gasteiger partial charge in [-0.05, 0) is 12.8 Å². The quantitative estimate of drug-likeness (QED) is 0.183. The molecule has 0 aromatic heterocycles. The lowest BCUT2D eigenvalue weighted by atomic mass is 10.0. The van der Waals surface area contributed by atoms with Crippen molar-refractivity contribution in [2.24, 2.45) is 0 Å². The van der Waals surface area contributed by atoms with Gasteiger partial charge in [-0.25, -0.2) is 0 Å². The highest BCUT2D eigenvalue weighted by Gasteiger charge is 2.19. The van der Waals surface area contributed by atoms with Gasteiger partial charge in [-0.1, -0.05) is 117 Å². The van der Waals surface area contributed by atoms with Crippen LogP contribution in [0.15, 0.2) is 0 Å². The van der Waals surface area contributed by atoms with Gasteiger partial charge in [0, 0.05) is 6.42 Å². The van der Waals surface area contributed by atoms with Gasteiger partial charge in [0.05, 0.1) is 18.8 Å². The van der Waals surface area contributed by atoms with Crippen LogP contribution < -0.4 is 5.32 Å². The van der Waals surface area contributed by atoms with Crippen LogP contribution in [-0.2, 0) is 4.79 Å². The van der Waals surface area contributed by atoms with Crippen molar-refractivity contribution in [3.05, 3.63) is 0 Å². The number of hydrogen-bond acceptors (Lipinski definition) is 3. The van der Waals surface area contributed by atoms with Crippen LogP contribution in [-0.4, -0.2) is 34.9 Å². The molecule has 4 heteroatoms. The molecule has 0 aromatic carbocycles. The average Bonchev–Trinajstić information content (AvgIpc) is 2.72. The molecule has 0 bridgehead atoms. The van der Waals surface area contributed by atoms with Gasteiger partial charge in [0.15, 0.2) is 0 Å². The second kappa shape index (κ2) is 22.1. The minimum atomic E-state index is -0.646. The molecule has 4 nitrogen and oxygen atoms in total. The molecular weight excluding hydrogens is 362 g/mol. The van der Waals surface area contributed by atoms with Crippen LogP contribution in [0, 0.1) is 0 Å². The Balaban J connectivity index is 3.55. The van der Waals surface area contributed by atoms with E-state index in [1.54, 1.807) is 0 Å². The molecule has 1 amide bonds. The van der Waals surface area contributed by atoms with Crippen LogP contribution in [0.3, 0.4) is 0 Å². The fourth-order valence-electron chi connectivity index (χ4n) is 3.83. The zero-order valence-electron chi connectivity index (χ0n) is 19.6. The van der Waals surface area contributed by atoms with Crippen LogP contribution >= 0.6 is 0 Å². The molecule has 0 radical (unpaired) electrons. The van der Waals surface area contributed by atoms with Gasteiger partial charge < -0.3 is 15.5 Å². The molecule has 0 rings (SSSR count). The third-order valence-electron chi connectivity index (χ3n) is 5.87. The van der Waals surface area contributed by atoms with Crippen molar-refractivity contribution in [2.75, 3.05) is 6.61 Å². The predicted octanol–water partition coefficient (Wildman–Crippen LogP) is 6.28. The second-order valence-corrected chi connectivity index (χ2v) is 8.77. The molecule has 3 N–H and O–H groups in total. The van der Waals surface area contributed by atoms with Gasteiger partial charge in [-0.2, -0.15) is 0 Å². The van der Waals surface area contributed by atoms with Gasteiger partial charge in [-0.3, -0.25) is 4.79 Å². The van der Waals surface area contributed by atoms with Crippen LogP contribution in [0.2, 0.25) is 0 Å². The van der Waals surface area contributed by atoms with Gasteiger partial charge in [0.25, 0.3) is 0 Å². The maximum absolute atomic E-state index is 11.9. The zero-order chi connectivity index (χ0) is 21.6. The lowest BCUT2D eigenvalue weighted by molar-refractivity contribution is -0.123. The third kappa shape index (κ3) is 19.1. The molecule has 0 aromatic rings. The molecule has 0 saturated carbocycles. The summed E-state index contributed by atoms with van der Waals surface area (Å²) in [7, 11) is 0. The number of aliphatic hydroxyl groups is 2. The molecule has 2 unspecified atom stereocenters. The summed E-state index contributed by atoms with van der Waals surface area (Å²) in [6, 6.07) is -0.522. The summed E-state index contributed by atoms with van der Waals surface area (Å²) in [5.41, 5.74) is 0. The zero-order valence-corrected chi connectivity index (χ0v) is 19.6. The number of nitrogens with one attached hydrogen (secondary N) is 1. The Morgan fingerprint density at radius 1 is 0.690 bits per heavy atom. The number of carbonyl (C=O) groups excluding carboxylic acids is 1. The summed E-state index contributed by atoms with van der Waals surface area (Å²) in [5.74, 6) is -0.0513. The molecule has 0 fully saturated rings. The standard InChI is InChI=1S/C25H51NO3/c1-3-5-7-9-10-11-12-13-14-15-16-17-18-20-24(28)23(22-27)26-25(29)21-19-8-6-4-2/h23-24,27-28H,3-22H2,1-2H3,(H,26,29). The van der Waals surface area contributed by atoms with E-state index in [4.69, 9.17) is 0 Å². The molecule has 0 aliphatic carbocycles. The first-order valence-corrected chi connectivity index (χ1v) is 12.7. The molecule has 174 valence electrons. The molecule has 0 aliphatic rings. The van der Waals surface area contributed by atoms with E-state index in [1.165, 1.54) is 70.6 Å². The molecule has 2 atom stereocenters. The van der Waals surface area contributed by atoms with Crippen molar-refractivity contribution in [1.82, 2.24) is 5.32 Å². The largest absolute Gasteiger partial charge is 0.394 e. The average molecular weight is 414 g/mol. The van der Waals surface area contributed by atoms with Gasteiger partial charge in [0.2, 0.25) is 5.91 Å². The topological polar surface area (TPSA) is 69.6 Å². The molecule has 29 heavy (non-hydrogen) atoms. The summed E-state index contributed by atoms with van der Waals surface area (Å²) < 4.78 is 0. The van der Waals surface area contributed by atoms with E-state index in [1.807, 2.05) is 0 Å². The van der Waals surface area contributed by atoms with E-state index >= 15 is 0 Å². The first-order chi connectivity index (χ1) is 14.2. The van der Waals surface area contributed by atoms with Crippen LogP contribution in [0.25, 0.3) is 0 Å². The fourth-order valence-corrected chi connectivity index (χ4v) is 3.83. The monoisotopic (exact) mass is 413 g/mol. The van der Waals surface area contributed by atoms with E-state index in [2.05, 4.69) is 19.2 Å². The van der Waals surface area contributed by atoms with Crippen molar-refractivity contribution in [3.8, 4) is 0 Å². The highest BCUT2D eigenvalue weighted by Crippen LogP contribution is 2.14. The normalized spacial score (nSPS) is 13.4. The van der Waals surface area contributed by atoms with Crippen molar-refractivity contribution >= 4 is 5.91 Å². The fraction of sp³-hybridized carbons (Fsp3) is 0.960. The van der Waals surface area contributed by atoms with Crippen LogP contribution in [0.5, 0.6) is 0 Å². The van der Waals surface area contributed by atoms with Crippen LogP contribution in [0.4, 0.5) is 0 Å². The van der Waals surface area contributed by atoms with E-state index in [0.717, 1.165) is 38.5 Å². The first-order valence-electron chi connectivity index (χ1n) is 12.7. The highest BCUT2D eigenvalue weighted by atomic mass is 16.3. The van der Waals surface area contributed by atoms with E-state index in [-0.39, 0.29) is 12.5 Å². The number of rotatable bonds is 22. The minimum Gasteiger partial charge on any atom is -0.394 e. The Morgan fingerprint density at radius 3 is 1.55 bits per heavy atom. The van der Waals surface area contributed by atoms with Crippen molar-refractivity contribution in [3.63, 3.8) is 0 Å². The summed E-state index contributed by atoms with van der Waals surface area (Å²) in [4.78, 5) is 11.9. The molecule has 0 aliphatic heterocycles. The van der Waals surface area contributed by atoms with Crippen molar-refractivity contribution < 1.29 is 15.0 Å². The number of aliphatic hydroxyl groups excluding tert-OH is 2. The Bertz CT molecular complexity index is 349. The molecule has 0 spiro atoms. The Kier molecular flexibility index (Phi) is 21.6. The summed E-state index contributed by atoms with van der Waals surface area (Å²) in [6.07, 6.45) is 21.7. The molecule has 0 saturated heterocycles. The third-order valence-corrected chi connectivity index (χ3v) is 5.87. The smallest absolute Gasteiger partial charge is 0.220 e. The second-order valence-electron chi connectivity index (χ2n) is 8.77. The SMILES string of the molecule is CCCCCCCCCCCCCCCC(O)C(CO)NC(=O)CCCCCC. The summed E-state index contributed by atoms with van der Waals surface area (Å²) >= 11 is 0. The summed E-state index contributed by atoms with van der Waals surface area (Å²) in [6.45, 7) is 4.22. The van der Waals surface area contributed by atoms with Gasteiger partial charge in [0.1, 0.15) is 0 Å². The Labute approximate surface area is 181 Å². The molecule has 0 heterocycles. The number of unbranched alkanes of at least 4 members (excludes halogenated alkanes) is 15.